The van der Waals surface area contributed by atoms with Gasteiger partial charge in [0, 0.05) is 11.8 Å². The quantitative estimate of drug-likeness (QED) is 0.276. The number of aromatic hydroxyl groups is 1. The Kier molecular flexibility index (Phi) is 5.60. The number of hydrogen-bond acceptors (Lipinski definition) is 5. The average Bonchev–Trinajstić information content (AvgIpc) is 2.79. The summed E-state index contributed by atoms with van der Waals surface area (Å²) in [6.45, 7) is 0. The van der Waals surface area contributed by atoms with Gasteiger partial charge in [-0.3, -0.25) is 4.79 Å². The van der Waals surface area contributed by atoms with E-state index in [1.807, 2.05) is 12.1 Å². The molecule has 1 amide bonds. The Morgan fingerprint density at radius 1 is 1.00 bits per heavy atom. The predicted molar refractivity (Wildman–Crippen MR) is 124 cm³/mol. The molecule has 6 nitrogen and oxygen atoms in total. The van der Waals surface area contributed by atoms with Crippen LogP contribution in [-0.2, 0) is 14.9 Å². The number of phenolic OH excluding ortho intramolecular Hbond substituents is 1. The maximum absolute atomic E-state index is 12.2. The number of hydrogen-bond donors (Lipinski definition) is 2. The van der Waals surface area contributed by atoms with Crippen LogP contribution in [0, 0.1) is 17.8 Å². The van der Waals surface area contributed by atoms with Crippen molar-refractivity contribution >= 4 is 17.6 Å². The van der Waals surface area contributed by atoms with Gasteiger partial charge in [-0.1, -0.05) is 12.1 Å². The van der Waals surface area contributed by atoms with Crippen LogP contribution in [0.5, 0.6) is 11.5 Å². The fourth-order valence-corrected chi connectivity index (χ4v) is 6.60. The third kappa shape index (κ3) is 4.34. The molecule has 6 heteroatoms. The highest BCUT2D eigenvalue weighted by Crippen LogP contribution is 2.60. The lowest BCUT2D eigenvalue weighted by atomic mass is 9.48. The molecular weight excluding hydrogens is 418 g/mol. The number of phenols is 1. The van der Waals surface area contributed by atoms with Gasteiger partial charge in [0.1, 0.15) is 17.1 Å². The van der Waals surface area contributed by atoms with Crippen molar-refractivity contribution in [3.05, 3.63) is 65.9 Å². The second-order valence-corrected chi connectivity index (χ2v) is 9.86. The van der Waals surface area contributed by atoms with Gasteiger partial charge in [-0.2, -0.15) is 0 Å². The lowest BCUT2D eigenvalue weighted by molar-refractivity contribution is -0.112. The van der Waals surface area contributed by atoms with Crippen molar-refractivity contribution in [3.8, 4) is 11.5 Å². The monoisotopic (exact) mass is 447 g/mol. The van der Waals surface area contributed by atoms with Gasteiger partial charge in [0.2, 0.25) is 0 Å². The zero-order valence-corrected chi connectivity index (χ0v) is 18.8. The van der Waals surface area contributed by atoms with Crippen LogP contribution in [0.4, 0.5) is 5.69 Å². The maximum atomic E-state index is 12.2. The minimum Gasteiger partial charge on any atom is -0.507 e. The van der Waals surface area contributed by atoms with Crippen LogP contribution in [-0.4, -0.2) is 24.1 Å². The molecule has 0 atom stereocenters. The number of carbonyl (C=O) groups is 2. The van der Waals surface area contributed by atoms with E-state index >= 15 is 0 Å². The van der Waals surface area contributed by atoms with Gasteiger partial charge in [-0.15, -0.1) is 0 Å². The van der Waals surface area contributed by atoms with Crippen LogP contribution >= 0.6 is 0 Å². The van der Waals surface area contributed by atoms with Gasteiger partial charge in [0.15, 0.2) is 0 Å². The van der Waals surface area contributed by atoms with Crippen molar-refractivity contribution in [1.29, 1.82) is 0 Å². The molecule has 4 aliphatic rings. The van der Waals surface area contributed by atoms with Gasteiger partial charge in [0.25, 0.3) is 5.91 Å². The molecule has 6 rings (SSSR count). The summed E-state index contributed by atoms with van der Waals surface area (Å²) in [5, 5.41) is 12.4. The number of esters is 1. The number of rotatable bonds is 6. The molecule has 2 aromatic carbocycles. The SMILES string of the molecule is COC(=O)c1cc(NC(=O)C=COc2ccc(C34CC5CC(CC(C5)C3)C4)cc2)ccc1O. The Hall–Kier alpha value is -3.28. The van der Waals surface area contributed by atoms with Crippen LogP contribution < -0.4 is 10.1 Å². The molecule has 33 heavy (non-hydrogen) atoms. The normalized spacial score (nSPS) is 27.5. The Bertz CT molecular complexity index is 1050. The van der Waals surface area contributed by atoms with Crippen molar-refractivity contribution in [3.63, 3.8) is 0 Å². The van der Waals surface area contributed by atoms with E-state index in [-0.39, 0.29) is 11.3 Å². The summed E-state index contributed by atoms with van der Waals surface area (Å²) >= 11 is 0. The molecule has 4 bridgehead atoms. The van der Waals surface area contributed by atoms with Gasteiger partial charge in [0.05, 0.1) is 13.4 Å². The first kappa shape index (κ1) is 21.6. The number of benzene rings is 2. The van der Waals surface area contributed by atoms with Crippen LogP contribution in [0.2, 0.25) is 0 Å². The van der Waals surface area contributed by atoms with Crippen LogP contribution in [0.15, 0.2) is 54.8 Å². The van der Waals surface area contributed by atoms with E-state index in [4.69, 9.17) is 4.74 Å². The van der Waals surface area contributed by atoms with Crippen molar-refractivity contribution in [1.82, 2.24) is 0 Å². The third-order valence-corrected chi connectivity index (χ3v) is 7.60. The Morgan fingerprint density at radius 3 is 2.24 bits per heavy atom. The zero-order valence-electron chi connectivity index (χ0n) is 18.8. The molecule has 0 spiro atoms. The fraction of sp³-hybridized carbons (Fsp3) is 0.407. The molecule has 0 radical (unpaired) electrons. The van der Waals surface area contributed by atoms with E-state index in [0.29, 0.717) is 16.9 Å². The first-order valence-electron chi connectivity index (χ1n) is 11.6. The molecule has 0 heterocycles. The van der Waals surface area contributed by atoms with E-state index in [9.17, 15) is 14.7 Å². The van der Waals surface area contributed by atoms with Crippen LogP contribution in [0.3, 0.4) is 0 Å². The molecule has 4 fully saturated rings. The minimum absolute atomic E-state index is 0.0188. The summed E-state index contributed by atoms with van der Waals surface area (Å²) in [4.78, 5) is 23.9. The number of nitrogens with one attached hydrogen (secondary N) is 1. The highest BCUT2D eigenvalue weighted by atomic mass is 16.5. The van der Waals surface area contributed by atoms with E-state index < -0.39 is 11.9 Å². The standard InChI is InChI=1S/C27H29NO5/c1-32-26(31)23-13-21(4-7-24(23)29)28-25(30)8-9-33-22-5-2-20(3-6-22)27-14-17-10-18(15-27)12-19(11-17)16-27/h2-9,13,17-19,29H,10-12,14-16H2,1H3,(H,28,30). The number of amides is 1. The number of anilines is 1. The summed E-state index contributed by atoms with van der Waals surface area (Å²) in [6, 6.07) is 12.5. The molecule has 172 valence electrons. The summed E-state index contributed by atoms with van der Waals surface area (Å²) in [5.41, 5.74) is 2.14. The van der Waals surface area contributed by atoms with Gasteiger partial charge >= 0.3 is 5.97 Å². The lowest BCUT2D eigenvalue weighted by Crippen LogP contribution is -2.48. The van der Waals surface area contributed by atoms with Crippen molar-refractivity contribution in [2.75, 3.05) is 12.4 Å². The second kappa shape index (κ2) is 8.58. The van der Waals surface area contributed by atoms with Gasteiger partial charge in [-0.05, 0) is 97.6 Å². The summed E-state index contributed by atoms with van der Waals surface area (Å²) < 4.78 is 10.3. The van der Waals surface area contributed by atoms with Gasteiger partial charge in [-0.25, -0.2) is 4.79 Å². The summed E-state index contributed by atoms with van der Waals surface area (Å²) in [6.07, 6.45) is 10.9. The molecule has 2 N–H and O–H groups in total. The number of carbonyl (C=O) groups excluding carboxylic acids is 2. The molecule has 4 saturated carbocycles. The summed E-state index contributed by atoms with van der Waals surface area (Å²) in [7, 11) is 1.22. The molecule has 4 aliphatic carbocycles. The molecule has 0 aliphatic heterocycles. The zero-order chi connectivity index (χ0) is 23.0. The van der Waals surface area contributed by atoms with E-state index in [2.05, 4.69) is 22.2 Å². The Morgan fingerprint density at radius 2 is 1.64 bits per heavy atom. The highest BCUT2D eigenvalue weighted by Gasteiger charge is 2.51. The molecular formula is C27H29NO5. The van der Waals surface area contributed by atoms with Gasteiger partial charge < -0.3 is 19.9 Å². The smallest absolute Gasteiger partial charge is 0.341 e. The lowest BCUT2D eigenvalue weighted by Gasteiger charge is -2.57. The van der Waals surface area contributed by atoms with Crippen molar-refractivity contribution in [2.45, 2.75) is 43.9 Å². The number of ether oxygens (including phenoxy) is 2. The first-order valence-corrected chi connectivity index (χ1v) is 11.6. The van der Waals surface area contributed by atoms with Crippen molar-refractivity contribution in [2.24, 2.45) is 17.8 Å². The second-order valence-electron chi connectivity index (χ2n) is 9.86. The topological polar surface area (TPSA) is 84.9 Å². The summed E-state index contributed by atoms with van der Waals surface area (Å²) in [5.74, 6) is 2.10. The molecule has 2 aromatic rings. The Balaban J connectivity index is 1.19. The largest absolute Gasteiger partial charge is 0.507 e. The van der Waals surface area contributed by atoms with E-state index in [1.165, 1.54) is 81.7 Å². The maximum Gasteiger partial charge on any atom is 0.341 e. The Labute approximate surface area is 193 Å². The average molecular weight is 448 g/mol. The van der Waals surface area contributed by atoms with E-state index in [0.717, 1.165) is 17.8 Å². The van der Waals surface area contributed by atoms with Crippen LogP contribution in [0.1, 0.15) is 54.4 Å². The van der Waals surface area contributed by atoms with E-state index in [1.54, 1.807) is 0 Å². The predicted octanol–water partition coefficient (Wildman–Crippen LogP) is 5.18. The fourth-order valence-electron chi connectivity index (χ4n) is 6.60. The first-order chi connectivity index (χ1) is 15.9. The molecule has 0 saturated heterocycles. The minimum atomic E-state index is -0.681. The number of methoxy groups -OCH3 is 1. The third-order valence-electron chi connectivity index (χ3n) is 7.60. The highest BCUT2D eigenvalue weighted by molar-refractivity contribution is 6.00. The molecule has 0 aromatic heterocycles. The molecule has 0 unspecified atom stereocenters. The van der Waals surface area contributed by atoms with Crippen LogP contribution in [0.25, 0.3) is 0 Å². The van der Waals surface area contributed by atoms with Crippen molar-refractivity contribution < 1.29 is 24.2 Å².